The predicted octanol–water partition coefficient (Wildman–Crippen LogP) is 2.26. The fourth-order valence-corrected chi connectivity index (χ4v) is 3.07. The number of esters is 1. The van der Waals surface area contributed by atoms with E-state index in [9.17, 15) is 9.59 Å². The third-order valence-electron chi connectivity index (χ3n) is 4.71. The van der Waals surface area contributed by atoms with Crippen LogP contribution in [-0.4, -0.2) is 61.6 Å². The third kappa shape index (κ3) is 4.62. The number of nitrogens with zero attached hydrogens (tertiary/aromatic N) is 3. The van der Waals surface area contributed by atoms with Gasteiger partial charge < -0.3 is 19.9 Å². The van der Waals surface area contributed by atoms with Crippen molar-refractivity contribution in [2.45, 2.75) is 6.92 Å². The Morgan fingerprint density at radius 2 is 1.93 bits per heavy atom. The van der Waals surface area contributed by atoms with Crippen LogP contribution in [0.5, 0.6) is 0 Å². The summed E-state index contributed by atoms with van der Waals surface area (Å²) in [5, 5.41) is 2.76. The number of pyridine rings is 1. The topological polar surface area (TPSA) is 74.8 Å². The molecule has 142 valence electrons. The predicted molar refractivity (Wildman–Crippen MR) is 104 cm³/mol. The Morgan fingerprint density at radius 1 is 1.15 bits per heavy atom. The molecule has 1 N–H and O–H groups in total. The van der Waals surface area contributed by atoms with Crippen LogP contribution in [0.1, 0.15) is 27.8 Å². The maximum atomic E-state index is 12.4. The number of piperazine rings is 1. The van der Waals surface area contributed by atoms with E-state index in [2.05, 4.69) is 27.0 Å². The molecule has 7 nitrogen and oxygen atoms in total. The zero-order valence-electron chi connectivity index (χ0n) is 15.6. The van der Waals surface area contributed by atoms with Crippen molar-refractivity contribution in [3.05, 3.63) is 53.9 Å². The van der Waals surface area contributed by atoms with Crippen LogP contribution >= 0.6 is 0 Å². The molecule has 1 aliphatic heterocycles. The lowest BCUT2D eigenvalue weighted by atomic mass is 10.2. The lowest BCUT2D eigenvalue weighted by Gasteiger charge is -2.35. The van der Waals surface area contributed by atoms with Crippen molar-refractivity contribution >= 4 is 23.3 Å². The molecule has 0 spiro atoms. The molecule has 0 aliphatic carbocycles. The summed E-state index contributed by atoms with van der Waals surface area (Å²) in [7, 11) is 1.32. The second-order valence-electron chi connectivity index (χ2n) is 6.35. The van der Waals surface area contributed by atoms with Gasteiger partial charge in [0.15, 0.2) is 0 Å². The lowest BCUT2D eigenvalue weighted by molar-refractivity contribution is 0.0600. The molecule has 1 saturated heterocycles. The van der Waals surface area contributed by atoms with E-state index < -0.39 is 5.97 Å². The average molecular weight is 368 g/mol. The molecule has 3 rings (SSSR count). The van der Waals surface area contributed by atoms with E-state index in [1.165, 1.54) is 7.11 Å². The molecule has 1 fully saturated rings. The van der Waals surface area contributed by atoms with Crippen LogP contribution in [-0.2, 0) is 4.74 Å². The molecule has 0 unspecified atom stereocenters. The van der Waals surface area contributed by atoms with Crippen molar-refractivity contribution in [3.63, 3.8) is 0 Å². The van der Waals surface area contributed by atoms with Gasteiger partial charge in [0.2, 0.25) is 0 Å². The van der Waals surface area contributed by atoms with Crippen molar-refractivity contribution in [3.8, 4) is 0 Å². The number of likely N-dealkylation sites (N-methyl/N-ethyl adjacent to an activating group) is 1. The van der Waals surface area contributed by atoms with Crippen LogP contribution in [0, 0.1) is 0 Å². The fraction of sp³-hybridized carbons (Fsp3) is 0.350. The number of hydrogen-bond acceptors (Lipinski definition) is 6. The maximum Gasteiger partial charge on any atom is 0.337 e. The standard InChI is InChI=1S/C20H24N4O3/c1-3-23-9-11-24(12-10-23)17-7-8-18(21-14-17)19(25)22-16-6-4-5-15(13-16)20(26)27-2/h4-8,13-14H,3,9-12H2,1-2H3,(H,22,25). The summed E-state index contributed by atoms with van der Waals surface area (Å²) in [5.41, 5.74) is 2.25. The summed E-state index contributed by atoms with van der Waals surface area (Å²) < 4.78 is 4.69. The fourth-order valence-electron chi connectivity index (χ4n) is 3.07. The van der Waals surface area contributed by atoms with Crippen LogP contribution in [0.15, 0.2) is 42.6 Å². The van der Waals surface area contributed by atoms with Gasteiger partial charge >= 0.3 is 5.97 Å². The van der Waals surface area contributed by atoms with Crippen molar-refractivity contribution in [2.24, 2.45) is 0 Å². The number of ether oxygens (including phenoxy) is 1. The molecule has 0 atom stereocenters. The first-order chi connectivity index (χ1) is 13.1. The number of carbonyl (C=O) groups is 2. The van der Waals surface area contributed by atoms with E-state index in [0.717, 1.165) is 38.4 Å². The van der Waals surface area contributed by atoms with Gasteiger partial charge in [0.1, 0.15) is 5.69 Å². The Morgan fingerprint density at radius 3 is 2.56 bits per heavy atom. The van der Waals surface area contributed by atoms with Gasteiger partial charge in [-0.05, 0) is 36.9 Å². The highest BCUT2D eigenvalue weighted by molar-refractivity contribution is 6.03. The second kappa shape index (κ2) is 8.64. The van der Waals surface area contributed by atoms with Crippen LogP contribution in [0.3, 0.4) is 0 Å². The molecule has 1 aromatic carbocycles. The molecule has 1 amide bonds. The van der Waals surface area contributed by atoms with Crippen molar-refractivity contribution < 1.29 is 14.3 Å². The Kier molecular flexibility index (Phi) is 6.03. The molecule has 2 heterocycles. The third-order valence-corrected chi connectivity index (χ3v) is 4.71. The smallest absolute Gasteiger partial charge is 0.337 e. The summed E-state index contributed by atoms with van der Waals surface area (Å²) >= 11 is 0. The Hall–Kier alpha value is -2.93. The largest absolute Gasteiger partial charge is 0.465 e. The Bertz CT molecular complexity index is 799. The lowest BCUT2D eigenvalue weighted by Crippen LogP contribution is -2.46. The van der Waals surface area contributed by atoms with Crippen molar-refractivity contribution in [1.29, 1.82) is 0 Å². The van der Waals surface area contributed by atoms with E-state index in [-0.39, 0.29) is 5.91 Å². The van der Waals surface area contributed by atoms with Gasteiger partial charge in [0.05, 0.1) is 24.6 Å². The van der Waals surface area contributed by atoms with Gasteiger partial charge in [-0.1, -0.05) is 13.0 Å². The maximum absolute atomic E-state index is 12.4. The zero-order chi connectivity index (χ0) is 19.2. The number of anilines is 2. The van der Waals surface area contributed by atoms with Crippen LogP contribution in [0.25, 0.3) is 0 Å². The van der Waals surface area contributed by atoms with Gasteiger partial charge in [-0.2, -0.15) is 0 Å². The number of aromatic nitrogens is 1. The molecule has 1 aliphatic rings. The number of carbonyl (C=O) groups excluding carboxylic acids is 2. The SMILES string of the molecule is CCN1CCN(c2ccc(C(=O)Nc3cccc(C(=O)OC)c3)nc2)CC1. The molecule has 27 heavy (non-hydrogen) atoms. The highest BCUT2D eigenvalue weighted by Gasteiger charge is 2.17. The number of methoxy groups -OCH3 is 1. The molecular weight excluding hydrogens is 344 g/mol. The summed E-state index contributed by atoms with van der Waals surface area (Å²) in [6.45, 7) is 7.24. The monoisotopic (exact) mass is 368 g/mol. The summed E-state index contributed by atoms with van der Waals surface area (Å²) in [5.74, 6) is -0.767. The van der Waals surface area contributed by atoms with E-state index in [0.29, 0.717) is 16.9 Å². The van der Waals surface area contributed by atoms with E-state index in [1.54, 1.807) is 36.5 Å². The minimum atomic E-state index is -0.447. The van der Waals surface area contributed by atoms with Gasteiger partial charge in [0.25, 0.3) is 5.91 Å². The molecule has 0 radical (unpaired) electrons. The van der Waals surface area contributed by atoms with Crippen molar-refractivity contribution in [1.82, 2.24) is 9.88 Å². The van der Waals surface area contributed by atoms with Gasteiger partial charge in [-0.15, -0.1) is 0 Å². The number of rotatable bonds is 5. The summed E-state index contributed by atoms with van der Waals surface area (Å²) in [6.07, 6.45) is 1.74. The van der Waals surface area contributed by atoms with Crippen LogP contribution < -0.4 is 10.2 Å². The molecular formula is C20H24N4O3. The quantitative estimate of drug-likeness (QED) is 0.816. The van der Waals surface area contributed by atoms with E-state index in [4.69, 9.17) is 4.74 Å². The zero-order valence-corrected chi connectivity index (χ0v) is 15.6. The average Bonchev–Trinajstić information content (AvgIpc) is 2.73. The molecule has 2 aromatic rings. The first-order valence-corrected chi connectivity index (χ1v) is 9.04. The van der Waals surface area contributed by atoms with Gasteiger partial charge in [-0.3, -0.25) is 4.79 Å². The summed E-state index contributed by atoms with van der Waals surface area (Å²) in [6, 6.07) is 10.3. The first-order valence-electron chi connectivity index (χ1n) is 9.04. The normalized spacial score (nSPS) is 14.7. The molecule has 0 bridgehead atoms. The summed E-state index contributed by atoms with van der Waals surface area (Å²) in [4.78, 5) is 33.0. The molecule has 0 saturated carbocycles. The minimum Gasteiger partial charge on any atom is -0.465 e. The van der Waals surface area contributed by atoms with Gasteiger partial charge in [-0.25, -0.2) is 9.78 Å². The second-order valence-corrected chi connectivity index (χ2v) is 6.35. The van der Waals surface area contributed by atoms with Crippen LogP contribution in [0.4, 0.5) is 11.4 Å². The number of hydrogen-bond donors (Lipinski definition) is 1. The number of amides is 1. The van der Waals surface area contributed by atoms with Crippen LogP contribution in [0.2, 0.25) is 0 Å². The van der Waals surface area contributed by atoms with Crippen molar-refractivity contribution in [2.75, 3.05) is 50.1 Å². The minimum absolute atomic E-state index is 0.320. The Labute approximate surface area is 158 Å². The number of benzene rings is 1. The molecule has 1 aromatic heterocycles. The van der Waals surface area contributed by atoms with E-state index in [1.807, 2.05) is 6.07 Å². The molecule has 7 heteroatoms. The highest BCUT2D eigenvalue weighted by Crippen LogP contribution is 2.17. The first kappa shape index (κ1) is 18.8. The van der Waals surface area contributed by atoms with Gasteiger partial charge in [0, 0.05) is 31.9 Å². The Balaban J connectivity index is 1.63. The van der Waals surface area contributed by atoms with E-state index >= 15 is 0 Å². The highest BCUT2D eigenvalue weighted by atomic mass is 16.5. The number of nitrogens with one attached hydrogen (secondary N) is 1.